The maximum absolute atomic E-state index is 13.1. The van der Waals surface area contributed by atoms with Crippen molar-refractivity contribution in [2.45, 2.75) is 13.5 Å². The lowest BCUT2D eigenvalue weighted by Gasteiger charge is -2.13. The van der Waals surface area contributed by atoms with E-state index < -0.39 is 17.2 Å². The third-order valence-electron chi connectivity index (χ3n) is 4.33. The lowest BCUT2D eigenvalue weighted by molar-refractivity contribution is 0.0602. The van der Waals surface area contributed by atoms with Crippen LogP contribution in [0.15, 0.2) is 39.9 Å². The zero-order valence-electron chi connectivity index (χ0n) is 15.5. The predicted octanol–water partition coefficient (Wildman–Crippen LogP) is 1.25. The Morgan fingerprint density at radius 2 is 1.81 bits per heavy atom. The van der Waals surface area contributed by atoms with E-state index >= 15 is 0 Å². The van der Waals surface area contributed by atoms with E-state index in [1.54, 1.807) is 38.3 Å². The fourth-order valence-corrected chi connectivity index (χ4v) is 2.93. The average molecular weight is 369 g/mol. The predicted molar refractivity (Wildman–Crippen MR) is 99.4 cm³/mol. The zero-order valence-corrected chi connectivity index (χ0v) is 15.5. The van der Waals surface area contributed by atoms with Crippen molar-refractivity contribution in [1.29, 1.82) is 0 Å². The number of rotatable bonds is 4. The third kappa shape index (κ3) is 3.21. The van der Waals surface area contributed by atoms with Gasteiger partial charge in [0.25, 0.3) is 5.56 Å². The summed E-state index contributed by atoms with van der Waals surface area (Å²) in [4.78, 5) is 42.2. The molecule has 0 fully saturated rings. The summed E-state index contributed by atoms with van der Waals surface area (Å²) in [6.07, 6.45) is 0. The molecule has 2 aromatic heterocycles. The SMILES string of the molecule is COC(=O)c1cc(C)nc2c1c(=O)n(Cc1ccc(OC)cc1)c(=O)n2C. The van der Waals surface area contributed by atoms with Crippen molar-refractivity contribution in [3.8, 4) is 5.75 Å². The summed E-state index contributed by atoms with van der Waals surface area (Å²) in [5.41, 5.74) is 0.383. The Morgan fingerprint density at radius 3 is 2.41 bits per heavy atom. The van der Waals surface area contributed by atoms with E-state index in [0.717, 1.165) is 10.1 Å². The van der Waals surface area contributed by atoms with Crippen molar-refractivity contribution in [3.63, 3.8) is 0 Å². The van der Waals surface area contributed by atoms with Crippen LogP contribution in [0.25, 0.3) is 11.0 Å². The molecule has 0 saturated heterocycles. The quantitative estimate of drug-likeness (QED) is 0.643. The van der Waals surface area contributed by atoms with E-state index in [2.05, 4.69) is 4.98 Å². The maximum atomic E-state index is 13.1. The lowest BCUT2D eigenvalue weighted by atomic mass is 10.1. The number of carbonyl (C=O) groups is 1. The molecule has 0 unspecified atom stereocenters. The summed E-state index contributed by atoms with van der Waals surface area (Å²) >= 11 is 0. The fourth-order valence-electron chi connectivity index (χ4n) is 2.93. The van der Waals surface area contributed by atoms with Gasteiger partial charge in [0.05, 0.1) is 31.7 Å². The number of benzene rings is 1. The minimum atomic E-state index is -0.655. The lowest BCUT2D eigenvalue weighted by Crippen LogP contribution is -2.40. The number of nitrogens with zero attached hydrogens (tertiary/aromatic N) is 3. The molecule has 0 amide bonds. The van der Waals surface area contributed by atoms with Gasteiger partial charge in [0.2, 0.25) is 0 Å². The summed E-state index contributed by atoms with van der Waals surface area (Å²) in [6.45, 7) is 1.74. The number of hydrogen-bond acceptors (Lipinski definition) is 6. The standard InChI is InChI=1S/C19H19N3O5/c1-11-9-14(18(24)27-4)15-16(20-11)21(2)19(25)22(17(15)23)10-12-5-7-13(26-3)8-6-12/h5-9H,10H2,1-4H3. The Labute approximate surface area is 154 Å². The van der Waals surface area contributed by atoms with Crippen molar-refractivity contribution in [3.05, 3.63) is 68.0 Å². The molecule has 8 nitrogen and oxygen atoms in total. The largest absolute Gasteiger partial charge is 0.497 e. The molecule has 0 aliphatic rings. The van der Waals surface area contributed by atoms with Crippen LogP contribution in [0.1, 0.15) is 21.6 Å². The van der Waals surface area contributed by atoms with Crippen LogP contribution < -0.4 is 16.0 Å². The number of pyridine rings is 1. The molecule has 2 heterocycles. The van der Waals surface area contributed by atoms with Crippen LogP contribution in [-0.2, 0) is 18.3 Å². The average Bonchev–Trinajstić information content (AvgIpc) is 2.68. The zero-order chi connectivity index (χ0) is 19.7. The first-order chi connectivity index (χ1) is 12.9. The number of hydrogen-bond donors (Lipinski definition) is 0. The highest BCUT2D eigenvalue weighted by Gasteiger charge is 2.20. The highest BCUT2D eigenvalue weighted by molar-refractivity contribution is 6.02. The molecule has 0 aliphatic heterocycles. The molecular weight excluding hydrogens is 350 g/mol. The monoisotopic (exact) mass is 369 g/mol. The number of fused-ring (bicyclic) bond motifs is 1. The molecule has 1 aromatic carbocycles. The van der Waals surface area contributed by atoms with E-state index in [1.165, 1.54) is 24.8 Å². The topological polar surface area (TPSA) is 92.4 Å². The first-order valence-electron chi connectivity index (χ1n) is 8.19. The van der Waals surface area contributed by atoms with Gasteiger partial charge in [0.15, 0.2) is 0 Å². The fraction of sp³-hybridized carbons (Fsp3) is 0.263. The number of aromatic nitrogens is 3. The van der Waals surface area contributed by atoms with Crippen molar-refractivity contribution in [2.75, 3.05) is 14.2 Å². The third-order valence-corrected chi connectivity index (χ3v) is 4.33. The second-order valence-corrected chi connectivity index (χ2v) is 6.08. The van der Waals surface area contributed by atoms with Gasteiger partial charge in [-0.05, 0) is 30.7 Å². The number of carbonyl (C=O) groups excluding carboxylic acids is 1. The minimum absolute atomic E-state index is 0.0555. The van der Waals surface area contributed by atoms with Crippen LogP contribution in [0.4, 0.5) is 0 Å². The number of aryl methyl sites for hydroxylation is 2. The molecule has 0 aliphatic carbocycles. The van der Waals surface area contributed by atoms with E-state index in [0.29, 0.717) is 11.4 Å². The van der Waals surface area contributed by atoms with Gasteiger partial charge in [-0.1, -0.05) is 12.1 Å². The van der Waals surface area contributed by atoms with Crippen molar-refractivity contribution in [2.24, 2.45) is 7.05 Å². The van der Waals surface area contributed by atoms with Crippen LogP contribution >= 0.6 is 0 Å². The Morgan fingerprint density at radius 1 is 1.15 bits per heavy atom. The summed E-state index contributed by atoms with van der Waals surface area (Å²) in [6, 6.07) is 8.51. The Hall–Kier alpha value is -3.42. The van der Waals surface area contributed by atoms with E-state index in [4.69, 9.17) is 9.47 Å². The van der Waals surface area contributed by atoms with Crippen molar-refractivity contribution >= 4 is 17.0 Å². The van der Waals surface area contributed by atoms with Gasteiger partial charge >= 0.3 is 11.7 Å². The van der Waals surface area contributed by atoms with E-state index in [1.807, 2.05) is 0 Å². The Kier molecular flexibility index (Phi) is 4.81. The first-order valence-corrected chi connectivity index (χ1v) is 8.19. The molecule has 0 atom stereocenters. The van der Waals surface area contributed by atoms with Gasteiger partial charge in [-0.3, -0.25) is 13.9 Å². The van der Waals surface area contributed by atoms with Gasteiger partial charge in [0, 0.05) is 12.7 Å². The number of methoxy groups -OCH3 is 2. The molecule has 0 radical (unpaired) electrons. The molecule has 0 saturated carbocycles. The molecule has 0 N–H and O–H groups in total. The summed E-state index contributed by atoms with van der Waals surface area (Å²) in [7, 11) is 4.31. The molecule has 3 rings (SSSR count). The Balaban J connectivity index is 2.27. The number of ether oxygens (including phenoxy) is 2. The summed E-state index contributed by atoms with van der Waals surface area (Å²) in [5, 5.41) is 0.0584. The van der Waals surface area contributed by atoms with Crippen LogP contribution in [0.5, 0.6) is 5.75 Å². The van der Waals surface area contributed by atoms with Crippen molar-refractivity contribution < 1.29 is 14.3 Å². The second-order valence-electron chi connectivity index (χ2n) is 6.08. The molecular formula is C19H19N3O5. The highest BCUT2D eigenvalue weighted by Crippen LogP contribution is 2.16. The molecule has 0 spiro atoms. The van der Waals surface area contributed by atoms with Gasteiger partial charge in [-0.2, -0.15) is 0 Å². The van der Waals surface area contributed by atoms with Gasteiger partial charge in [-0.25, -0.2) is 14.6 Å². The van der Waals surface area contributed by atoms with E-state index in [-0.39, 0.29) is 23.1 Å². The van der Waals surface area contributed by atoms with Crippen LogP contribution in [0.2, 0.25) is 0 Å². The smallest absolute Gasteiger partial charge is 0.338 e. The molecule has 140 valence electrons. The highest BCUT2D eigenvalue weighted by atomic mass is 16.5. The Bertz CT molecular complexity index is 1140. The minimum Gasteiger partial charge on any atom is -0.497 e. The molecule has 27 heavy (non-hydrogen) atoms. The van der Waals surface area contributed by atoms with Gasteiger partial charge in [0.1, 0.15) is 11.4 Å². The van der Waals surface area contributed by atoms with Crippen LogP contribution in [0, 0.1) is 6.92 Å². The maximum Gasteiger partial charge on any atom is 0.338 e. The first kappa shape index (κ1) is 18.4. The normalized spacial score (nSPS) is 10.8. The number of esters is 1. The van der Waals surface area contributed by atoms with Gasteiger partial charge in [-0.15, -0.1) is 0 Å². The molecule has 8 heteroatoms. The molecule has 3 aromatic rings. The van der Waals surface area contributed by atoms with Crippen LogP contribution in [0.3, 0.4) is 0 Å². The second kappa shape index (κ2) is 7.06. The molecule has 0 bridgehead atoms. The van der Waals surface area contributed by atoms with E-state index in [9.17, 15) is 14.4 Å². The van der Waals surface area contributed by atoms with Crippen LogP contribution in [-0.4, -0.2) is 34.3 Å². The van der Waals surface area contributed by atoms with Gasteiger partial charge < -0.3 is 9.47 Å². The summed E-state index contributed by atoms with van der Waals surface area (Å²) in [5.74, 6) is 0.0161. The summed E-state index contributed by atoms with van der Waals surface area (Å²) < 4.78 is 12.2. The van der Waals surface area contributed by atoms with Crippen molar-refractivity contribution in [1.82, 2.24) is 14.1 Å².